The number of hydrogen-bond acceptors (Lipinski definition) is 3. The van der Waals surface area contributed by atoms with Crippen molar-refractivity contribution in [3.8, 4) is 5.75 Å². The van der Waals surface area contributed by atoms with Gasteiger partial charge in [-0.15, -0.1) is 0 Å². The first-order valence-corrected chi connectivity index (χ1v) is 4.06. The highest BCUT2D eigenvalue weighted by atomic mass is 16.3. The second-order valence-corrected chi connectivity index (χ2v) is 3.22. The molecule has 64 valence electrons. The van der Waals surface area contributed by atoms with Crippen molar-refractivity contribution in [1.29, 1.82) is 0 Å². The van der Waals surface area contributed by atoms with Crippen LogP contribution in [0.15, 0.2) is 12.1 Å². The fourth-order valence-electron chi connectivity index (χ4n) is 1.74. The van der Waals surface area contributed by atoms with Gasteiger partial charge in [-0.1, -0.05) is 6.07 Å². The van der Waals surface area contributed by atoms with E-state index in [4.69, 9.17) is 11.5 Å². The standard InChI is InChI=1S/C9H12N2O/c10-7-3-2-6-5(7)1-4-8(11)9(6)12/h1,4,7,12H,2-3,10-11H2/t7-/m0/s1. The van der Waals surface area contributed by atoms with Gasteiger partial charge in [-0.2, -0.15) is 0 Å². The van der Waals surface area contributed by atoms with Crippen LogP contribution in [0, 0.1) is 0 Å². The van der Waals surface area contributed by atoms with Gasteiger partial charge in [0.1, 0.15) is 5.75 Å². The van der Waals surface area contributed by atoms with Crippen molar-refractivity contribution < 1.29 is 5.11 Å². The summed E-state index contributed by atoms with van der Waals surface area (Å²) in [6, 6.07) is 3.69. The number of phenolic OH excluding ortho intramolecular Hbond substituents is 1. The van der Waals surface area contributed by atoms with Crippen molar-refractivity contribution in [2.24, 2.45) is 5.73 Å². The third-order valence-corrected chi connectivity index (χ3v) is 2.46. The van der Waals surface area contributed by atoms with Gasteiger partial charge in [0.25, 0.3) is 0 Å². The molecule has 0 heterocycles. The first kappa shape index (κ1) is 7.43. The third kappa shape index (κ3) is 0.865. The third-order valence-electron chi connectivity index (χ3n) is 2.46. The zero-order valence-electron chi connectivity index (χ0n) is 6.75. The number of fused-ring (bicyclic) bond motifs is 1. The van der Waals surface area contributed by atoms with Crippen LogP contribution < -0.4 is 11.5 Å². The molecule has 1 aromatic rings. The Bertz CT molecular complexity index is 323. The van der Waals surface area contributed by atoms with Crippen molar-refractivity contribution in [2.45, 2.75) is 18.9 Å². The molecular formula is C9H12N2O. The van der Waals surface area contributed by atoms with Crippen molar-refractivity contribution in [3.63, 3.8) is 0 Å². The predicted molar refractivity (Wildman–Crippen MR) is 47.8 cm³/mol. The molecule has 0 amide bonds. The zero-order chi connectivity index (χ0) is 8.72. The quantitative estimate of drug-likeness (QED) is 0.394. The van der Waals surface area contributed by atoms with Crippen LogP contribution in [-0.4, -0.2) is 5.11 Å². The highest BCUT2D eigenvalue weighted by Gasteiger charge is 2.22. The predicted octanol–water partition coefficient (Wildman–Crippen LogP) is 0.920. The summed E-state index contributed by atoms with van der Waals surface area (Å²) in [5.74, 6) is 0.223. The van der Waals surface area contributed by atoms with E-state index in [0.29, 0.717) is 5.69 Å². The van der Waals surface area contributed by atoms with Gasteiger partial charge >= 0.3 is 0 Å². The highest BCUT2D eigenvalue weighted by molar-refractivity contribution is 5.60. The second-order valence-electron chi connectivity index (χ2n) is 3.22. The molecule has 0 aromatic heterocycles. The van der Waals surface area contributed by atoms with E-state index in [2.05, 4.69) is 0 Å². The van der Waals surface area contributed by atoms with E-state index < -0.39 is 0 Å². The number of benzene rings is 1. The van der Waals surface area contributed by atoms with Gasteiger partial charge in [-0.3, -0.25) is 0 Å². The van der Waals surface area contributed by atoms with Crippen LogP contribution in [0.4, 0.5) is 5.69 Å². The van der Waals surface area contributed by atoms with Crippen molar-refractivity contribution in [3.05, 3.63) is 23.3 Å². The Labute approximate surface area is 71.0 Å². The molecular weight excluding hydrogens is 152 g/mol. The van der Waals surface area contributed by atoms with Crippen molar-refractivity contribution in [2.75, 3.05) is 5.73 Å². The number of nitrogen functional groups attached to an aromatic ring is 1. The lowest BCUT2D eigenvalue weighted by Crippen LogP contribution is -2.05. The molecule has 0 bridgehead atoms. The van der Waals surface area contributed by atoms with Crippen LogP contribution in [-0.2, 0) is 6.42 Å². The molecule has 1 atom stereocenters. The summed E-state index contributed by atoms with van der Waals surface area (Å²) in [5, 5.41) is 9.56. The van der Waals surface area contributed by atoms with Gasteiger partial charge in [-0.05, 0) is 24.5 Å². The fourth-order valence-corrected chi connectivity index (χ4v) is 1.74. The van der Waals surface area contributed by atoms with E-state index in [-0.39, 0.29) is 11.8 Å². The Balaban J connectivity index is 2.60. The highest BCUT2D eigenvalue weighted by Crippen LogP contribution is 2.38. The molecule has 2 rings (SSSR count). The minimum Gasteiger partial charge on any atom is -0.505 e. The van der Waals surface area contributed by atoms with Crippen LogP contribution in [0.1, 0.15) is 23.6 Å². The van der Waals surface area contributed by atoms with Gasteiger partial charge in [0.2, 0.25) is 0 Å². The summed E-state index contributed by atoms with van der Waals surface area (Å²) in [6.45, 7) is 0. The number of hydrogen-bond donors (Lipinski definition) is 3. The van der Waals surface area contributed by atoms with Crippen molar-refractivity contribution in [1.82, 2.24) is 0 Å². The minimum atomic E-state index is 0.0755. The topological polar surface area (TPSA) is 72.3 Å². The first-order chi connectivity index (χ1) is 5.70. The summed E-state index contributed by atoms with van der Waals surface area (Å²) < 4.78 is 0. The maximum absolute atomic E-state index is 9.56. The van der Waals surface area contributed by atoms with Gasteiger partial charge < -0.3 is 16.6 Å². The summed E-state index contributed by atoms with van der Waals surface area (Å²) in [6.07, 6.45) is 1.75. The largest absolute Gasteiger partial charge is 0.505 e. The van der Waals surface area contributed by atoms with Crippen LogP contribution in [0.5, 0.6) is 5.75 Å². The Kier molecular flexibility index (Phi) is 1.48. The molecule has 0 radical (unpaired) electrons. The van der Waals surface area contributed by atoms with E-state index in [9.17, 15) is 5.11 Å². The van der Waals surface area contributed by atoms with Crippen LogP contribution in [0.2, 0.25) is 0 Å². The maximum Gasteiger partial charge on any atom is 0.141 e. The number of anilines is 1. The molecule has 12 heavy (non-hydrogen) atoms. The van der Waals surface area contributed by atoms with E-state index in [0.717, 1.165) is 24.0 Å². The van der Waals surface area contributed by atoms with E-state index in [1.165, 1.54) is 0 Å². The molecule has 0 fully saturated rings. The maximum atomic E-state index is 9.56. The molecule has 0 unspecified atom stereocenters. The lowest BCUT2D eigenvalue weighted by Gasteiger charge is -2.07. The van der Waals surface area contributed by atoms with Gasteiger partial charge in [-0.25, -0.2) is 0 Å². The summed E-state index contributed by atoms with van der Waals surface area (Å²) >= 11 is 0. The molecule has 1 aliphatic rings. The Hall–Kier alpha value is -1.22. The number of nitrogens with two attached hydrogens (primary N) is 2. The lowest BCUT2D eigenvalue weighted by atomic mass is 10.1. The normalized spacial score (nSPS) is 20.9. The minimum absolute atomic E-state index is 0.0755. The number of aromatic hydroxyl groups is 1. The van der Waals surface area contributed by atoms with Crippen LogP contribution >= 0.6 is 0 Å². The Morgan fingerprint density at radius 1 is 1.42 bits per heavy atom. The van der Waals surface area contributed by atoms with Gasteiger partial charge in [0, 0.05) is 11.6 Å². The fraction of sp³-hybridized carbons (Fsp3) is 0.333. The van der Waals surface area contributed by atoms with E-state index in [1.807, 2.05) is 6.07 Å². The van der Waals surface area contributed by atoms with E-state index >= 15 is 0 Å². The smallest absolute Gasteiger partial charge is 0.141 e. The molecule has 1 aromatic carbocycles. The monoisotopic (exact) mass is 164 g/mol. The molecule has 0 aliphatic heterocycles. The molecule has 3 nitrogen and oxygen atoms in total. The molecule has 1 aliphatic carbocycles. The SMILES string of the molecule is Nc1ccc2c(c1O)CC[C@@H]2N. The van der Waals surface area contributed by atoms with E-state index in [1.54, 1.807) is 6.07 Å². The zero-order valence-corrected chi connectivity index (χ0v) is 6.75. The molecule has 0 saturated carbocycles. The molecule has 0 saturated heterocycles. The lowest BCUT2D eigenvalue weighted by molar-refractivity contribution is 0.472. The summed E-state index contributed by atoms with van der Waals surface area (Å²) in [7, 11) is 0. The Morgan fingerprint density at radius 3 is 2.92 bits per heavy atom. The molecule has 3 heteroatoms. The average molecular weight is 164 g/mol. The molecule has 5 N–H and O–H groups in total. The first-order valence-electron chi connectivity index (χ1n) is 4.06. The van der Waals surface area contributed by atoms with Crippen LogP contribution in [0.3, 0.4) is 0 Å². The van der Waals surface area contributed by atoms with Crippen molar-refractivity contribution >= 4 is 5.69 Å². The van der Waals surface area contributed by atoms with Gasteiger partial charge in [0.15, 0.2) is 0 Å². The van der Waals surface area contributed by atoms with Gasteiger partial charge in [0.05, 0.1) is 5.69 Å². The number of phenols is 1. The second kappa shape index (κ2) is 2.38. The number of rotatable bonds is 0. The summed E-state index contributed by atoms with van der Waals surface area (Å²) in [5.41, 5.74) is 13.8. The average Bonchev–Trinajstić information content (AvgIpc) is 2.41. The van der Waals surface area contributed by atoms with Crippen LogP contribution in [0.25, 0.3) is 0 Å². The summed E-state index contributed by atoms with van der Waals surface area (Å²) in [4.78, 5) is 0. The Morgan fingerprint density at radius 2 is 2.17 bits per heavy atom. The molecule has 0 spiro atoms.